The Kier molecular flexibility index (Phi) is 1.99. The van der Waals surface area contributed by atoms with Gasteiger partial charge in [-0.15, -0.1) is 0 Å². The van der Waals surface area contributed by atoms with Crippen LogP contribution < -0.4 is 0 Å². The molecule has 2 atom stereocenters. The predicted octanol–water partition coefficient (Wildman–Crippen LogP) is 1.48. The van der Waals surface area contributed by atoms with Crippen LogP contribution in [0, 0.1) is 0 Å². The maximum Gasteiger partial charge on any atom is 0.169 e. The molecule has 0 aromatic rings. The molecule has 0 bridgehead atoms. The maximum absolute atomic E-state index is 5.30. The van der Waals surface area contributed by atoms with E-state index in [1.54, 1.807) is 0 Å². The smallest absolute Gasteiger partial charge is 0.169 e. The van der Waals surface area contributed by atoms with Gasteiger partial charge in [0.05, 0.1) is 0 Å². The van der Waals surface area contributed by atoms with Crippen molar-refractivity contribution in [2.24, 2.45) is 0 Å². The summed E-state index contributed by atoms with van der Waals surface area (Å²) in [7, 11) is 0. The Balaban J connectivity index is 2.51. The summed E-state index contributed by atoms with van der Waals surface area (Å²) in [5.41, 5.74) is 0. The van der Waals surface area contributed by atoms with Crippen molar-refractivity contribution < 1.29 is 14.2 Å². The van der Waals surface area contributed by atoms with Crippen molar-refractivity contribution in [1.29, 1.82) is 0 Å². The molecular weight excluding hydrogens is 132 g/mol. The third kappa shape index (κ3) is 1.94. The summed E-state index contributed by atoms with van der Waals surface area (Å²) in [5, 5.41) is 0. The minimum absolute atomic E-state index is 0.168. The van der Waals surface area contributed by atoms with E-state index in [9.17, 15) is 0 Å². The first-order chi connectivity index (χ1) is 4.49. The van der Waals surface area contributed by atoms with Gasteiger partial charge in [-0.2, -0.15) is 0 Å². The second kappa shape index (κ2) is 2.49. The van der Waals surface area contributed by atoms with E-state index >= 15 is 0 Å². The zero-order chi connectivity index (χ0) is 7.78. The van der Waals surface area contributed by atoms with Gasteiger partial charge in [-0.3, -0.25) is 0 Å². The molecule has 0 saturated carbocycles. The average molecular weight is 146 g/mol. The van der Waals surface area contributed by atoms with Crippen molar-refractivity contribution in [3.63, 3.8) is 0 Å². The minimum Gasteiger partial charge on any atom is -0.324 e. The largest absolute Gasteiger partial charge is 0.324 e. The number of ether oxygens (including phenoxy) is 3. The Labute approximate surface area is 61.3 Å². The summed E-state index contributed by atoms with van der Waals surface area (Å²) >= 11 is 0. The maximum atomic E-state index is 5.30. The van der Waals surface area contributed by atoms with E-state index in [0.29, 0.717) is 0 Å². The van der Waals surface area contributed by atoms with Crippen molar-refractivity contribution >= 4 is 0 Å². The lowest BCUT2D eigenvalue weighted by molar-refractivity contribution is -0.410. The van der Waals surface area contributed by atoms with E-state index in [1.165, 1.54) is 0 Å². The van der Waals surface area contributed by atoms with Crippen LogP contribution >= 0.6 is 0 Å². The average Bonchev–Trinajstić information content (AvgIpc) is 1.54. The van der Waals surface area contributed by atoms with Crippen LogP contribution in [0.4, 0.5) is 0 Å². The molecule has 0 spiro atoms. The summed E-state index contributed by atoms with van der Waals surface area (Å²) in [6, 6.07) is 0. The molecule has 1 aliphatic rings. The Morgan fingerprint density at radius 1 is 1.00 bits per heavy atom. The molecule has 0 radical (unpaired) electrons. The lowest BCUT2D eigenvalue weighted by Crippen LogP contribution is -2.44. The molecule has 1 rings (SSSR count). The van der Waals surface area contributed by atoms with E-state index in [1.807, 2.05) is 27.7 Å². The lowest BCUT2D eigenvalue weighted by atomic mass is 10.3. The Hall–Kier alpha value is -0.120. The molecule has 0 aromatic carbocycles. The number of hydrogen-bond donors (Lipinski definition) is 0. The fourth-order valence-corrected chi connectivity index (χ4v) is 1.15. The predicted molar refractivity (Wildman–Crippen MR) is 36.3 cm³/mol. The third-order valence-corrected chi connectivity index (χ3v) is 1.28. The van der Waals surface area contributed by atoms with Gasteiger partial charge in [-0.1, -0.05) is 0 Å². The number of rotatable bonds is 0. The van der Waals surface area contributed by atoms with E-state index in [2.05, 4.69) is 0 Å². The highest BCUT2D eigenvalue weighted by Gasteiger charge is 2.31. The molecule has 3 nitrogen and oxygen atoms in total. The van der Waals surface area contributed by atoms with Crippen LogP contribution in [-0.2, 0) is 14.2 Å². The van der Waals surface area contributed by atoms with Gasteiger partial charge in [0.2, 0.25) is 0 Å². The molecule has 1 fully saturated rings. The molecule has 0 N–H and O–H groups in total. The molecular formula is C7H14O3. The van der Waals surface area contributed by atoms with Crippen LogP contribution in [0.3, 0.4) is 0 Å². The Morgan fingerprint density at radius 2 is 1.40 bits per heavy atom. The summed E-state index contributed by atoms with van der Waals surface area (Å²) in [6.07, 6.45) is -0.336. The zero-order valence-corrected chi connectivity index (χ0v) is 6.88. The van der Waals surface area contributed by atoms with E-state index in [0.717, 1.165) is 0 Å². The lowest BCUT2D eigenvalue weighted by Gasteiger charge is -2.37. The van der Waals surface area contributed by atoms with Crippen LogP contribution in [0.1, 0.15) is 27.7 Å². The monoisotopic (exact) mass is 146 g/mol. The van der Waals surface area contributed by atoms with Crippen LogP contribution in [0.2, 0.25) is 0 Å². The van der Waals surface area contributed by atoms with Crippen LogP contribution in [0.5, 0.6) is 0 Å². The molecule has 10 heavy (non-hydrogen) atoms. The van der Waals surface area contributed by atoms with Crippen molar-refractivity contribution in [2.45, 2.75) is 46.1 Å². The second-order valence-corrected chi connectivity index (χ2v) is 2.91. The highest BCUT2D eigenvalue weighted by atomic mass is 16.9. The quantitative estimate of drug-likeness (QED) is 0.518. The van der Waals surface area contributed by atoms with Gasteiger partial charge in [0.25, 0.3) is 0 Å². The minimum atomic E-state index is -0.503. The van der Waals surface area contributed by atoms with Crippen molar-refractivity contribution in [1.82, 2.24) is 0 Å². The van der Waals surface area contributed by atoms with E-state index < -0.39 is 5.79 Å². The molecule has 2 unspecified atom stereocenters. The van der Waals surface area contributed by atoms with Gasteiger partial charge in [0, 0.05) is 0 Å². The fraction of sp³-hybridized carbons (Fsp3) is 1.00. The Morgan fingerprint density at radius 3 is 1.70 bits per heavy atom. The van der Waals surface area contributed by atoms with Crippen molar-refractivity contribution in [2.75, 3.05) is 0 Å². The first-order valence-corrected chi connectivity index (χ1v) is 3.51. The summed E-state index contributed by atoms with van der Waals surface area (Å²) in [4.78, 5) is 0. The van der Waals surface area contributed by atoms with Gasteiger partial charge in [-0.05, 0) is 27.7 Å². The molecule has 0 aliphatic carbocycles. The standard InChI is InChI=1S/C7H14O3/c1-5-8-6(2)10-7(3,4)9-5/h5-6H,1-4H3. The molecule has 0 amide bonds. The first-order valence-electron chi connectivity index (χ1n) is 3.51. The summed E-state index contributed by atoms with van der Waals surface area (Å²) < 4.78 is 15.8. The van der Waals surface area contributed by atoms with E-state index in [4.69, 9.17) is 14.2 Å². The highest BCUT2D eigenvalue weighted by molar-refractivity contribution is 4.59. The SMILES string of the molecule is CC1OC(C)OC(C)(C)O1. The summed E-state index contributed by atoms with van der Waals surface area (Å²) in [5.74, 6) is -0.503. The molecule has 3 heteroatoms. The summed E-state index contributed by atoms with van der Waals surface area (Å²) in [6.45, 7) is 7.48. The van der Waals surface area contributed by atoms with Gasteiger partial charge in [0.1, 0.15) is 0 Å². The molecule has 0 aromatic heterocycles. The Bertz CT molecular complexity index is 110. The van der Waals surface area contributed by atoms with Gasteiger partial charge in [0.15, 0.2) is 18.4 Å². The number of hydrogen-bond acceptors (Lipinski definition) is 3. The van der Waals surface area contributed by atoms with Gasteiger partial charge in [-0.25, -0.2) is 0 Å². The second-order valence-electron chi connectivity index (χ2n) is 2.91. The van der Waals surface area contributed by atoms with Crippen molar-refractivity contribution in [3.05, 3.63) is 0 Å². The van der Waals surface area contributed by atoms with Gasteiger partial charge >= 0.3 is 0 Å². The molecule has 1 aliphatic heterocycles. The zero-order valence-electron chi connectivity index (χ0n) is 6.88. The van der Waals surface area contributed by atoms with Crippen molar-refractivity contribution in [3.8, 4) is 0 Å². The van der Waals surface area contributed by atoms with Gasteiger partial charge < -0.3 is 14.2 Å². The third-order valence-electron chi connectivity index (χ3n) is 1.28. The first kappa shape index (κ1) is 7.98. The topological polar surface area (TPSA) is 27.7 Å². The van der Waals surface area contributed by atoms with E-state index in [-0.39, 0.29) is 12.6 Å². The van der Waals surface area contributed by atoms with Crippen LogP contribution in [0.25, 0.3) is 0 Å². The molecule has 1 heterocycles. The molecule has 1 saturated heterocycles. The van der Waals surface area contributed by atoms with Crippen LogP contribution in [0.15, 0.2) is 0 Å². The normalized spacial score (nSPS) is 39.6. The molecule has 60 valence electrons. The fourth-order valence-electron chi connectivity index (χ4n) is 1.15. The van der Waals surface area contributed by atoms with Crippen LogP contribution in [-0.4, -0.2) is 18.4 Å². The highest BCUT2D eigenvalue weighted by Crippen LogP contribution is 2.23.